The average Bonchev–Trinajstić information content (AvgIpc) is 1.92. The van der Waals surface area contributed by atoms with Gasteiger partial charge >= 0.3 is 25.8 Å². The van der Waals surface area contributed by atoms with Crippen LogP contribution in [0.25, 0.3) is 0 Å². The normalized spacial score (nSPS) is 3.69. The number of hydrogen-bond donors (Lipinski definition) is 0. The molecular formula is C4H4HfO8. The molecule has 72 valence electrons. The van der Waals surface area contributed by atoms with Crippen LogP contribution in [-0.4, -0.2) is 25.9 Å². The summed E-state index contributed by atoms with van der Waals surface area (Å²) < 4.78 is 0. The van der Waals surface area contributed by atoms with E-state index < -0.39 is 25.9 Å². The number of carbonyl (C=O) groups is 4. The molecule has 0 bridgehead atoms. The summed E-state index contributed by atoms with van der Waals surface area (Å²) in [5, 5.41) is 33.0. The van der Waals surface area contributed by atoms with Gasteiger partial charge in [-0.1, -0.05) is 0 Å². The van der Waals surface area contributed by atoms with E-state index >= 15 is 0 Å². The maximum absolute atomic E-state index is 8.25. The molecule has 0 rings (SSSR count). The molecule has 0 atom stereocenters. The third-order valence-electron chi connectivity index (χ3n) is 0. The smallest absolute Gasteiger partial charge is 0.554 e. The summed E-state index contributed by atoms with van der Waals surface area (Å²) in [5.74, 6) is 0. The standard InChI is InChI=1S/4CH2O2.Hf/c4*2-1-3;/h4*1H,(H,2,3);/q;;;;+4/p-4. The van der Waals surface area contributed by atoms with Crippen molar-refractivity contribution in [1.82, 2.24) is 0 Å². The average molecular weight is 359 g/mol. The Morgan fingerprint density at radius 2 is 0.538 bits per heavy atom. The maximum Gasteiger partial charge on any atom is 4.00 e. The molecule has 9 heteroatoms. The minimum atomic E-state index is -0.500. The van der Waals surface area contributed by atoms with Crippen LogP contribution in [0.15, 0.2) is 0 Å². The minimum Gasteiger partial charge on any atom is -0.554 e. The first-order chi connectivity index (χ1) is 5.66. The molecule has 0 saturated carbocycles. The van der Waals surface area contributed by atoms with E-state index in [4.69, 9.17) is 39.6 Å². The topological polar surface area (TPSA) is 161 Å². The SMILES string of the molecule is O=C[O-].O=C[O-].O=C[O-].O=C[O-].[Hf+4]. The van der Waals surface area contributed by atoms with Crippen molar-refractivity contribution >= 4 is 25.9 Å². The van der Waals surface area contributed by atoms with Gasteiger partial charge in [-0.25, -0.2) is 0 Å². The Kier molecular flexibility index (Phi) is 310. The Bertz CT molecular complexity index is 70.1. The summed E-state index contributed by atoms with van der Waals surface area (Å²) in [6, 6.07) is 0. The van der Waals surface area contributed by atoms with Crippen LogP contribution in [0.3, 0.4) is 0 Å². The predicted molar refractivity (Wildman–Crippen MR) is 24.3 cm³/mol. The molecule has 0 aromatic carbocycles. The largest absolute Gasteiger partial charge is 4.00 e. The van der Waals surface area contributed by atoms with Gasteiger partial charge in [0.25, 0.3) is 0 Å². The third-order valence-corrected chi connectivity index (χ3v) is 0. The van der Waals surface area contributed by atoms with Crippen molar-refractivity contribution in [1.29, 1.82) is 0 Å². The van der Waals surface area contributed by atoms with Crippen LogP contribution < -0.4 is 20.4 Å². The van der Waals surface area contributed by atoms with Crippen molar-refractivity contribution in [3.8, 4) is 0 Å². The van der Waals surface area contributed by atoms with Crippen molar-refractivity contribution in [3.05, 3.63) is 0 Å². The van der Waals surface area contributed by atoms with Crippen LogP contribution in [-0.2, 0) is 45.0 Å². The van der Waals surface area contributed by atoms with E-state index in [9.17, 15) is 0 Å². The molecule has 0 N–H and O–H groups in total. The molecule has 0 fully saturated rings. The van der Waals surface area contributed by atoms with E-state index in [1.807, 2.05) is 0 Å². The van der Waals surface area contributed by atoms with Gasteiger partial charge in [-0.2, -0.15) is 0 Å². The Morgan fingerprint density at radius 1 is 0.538 bits per heavy atom. The molecule has 0 aliphatic carbocycles. The van der Waals surface area contributed by atoms with Crippen LogP contribution in [0.2, 0.25) is 0 Å². The molecule has 0 heterocycles. The van der Waals surface area contributed by atoms with E-state index in [0.29, 0.717) is 0 Å². The Labute approximate surface area is 91.6 Å². The van der Waals surface area contributed by atoms with E-state index in [1.54, 1.807) is 0 Å². The van der Waals surface area contributed by atoms with Crippen molar-refractivity contribution in [2.75, 3.05) is 0 Å². The predicted octanol–water partition coefficient (Wildman–Crippen LogP) is -6.54. The number of carbonyl (C=O) groups excluding carboxylic acids is 4. The number of rotatable bonds is 0. The first kappa shape index (κ1) is 29.8. The van der Waals surface area contributed by atoms with Crippen LogP contribution in [0.1, 0.15) is 0 Å². The van der Waals surface area contributed by atoms with E-state index in [2.05, 4.69) is 0 Å². The van der Waals surface area contributed by atoms with Gasteiger partial charge in [0.2, 0.25) is 0 Å². The molecule has 0 radical (unpaired) electrons. The second kappa shape index (κ2) is 135. The van der Waals surface area contributed by atoms with E-state index in [1.165, 1.54) is 0 Å². The zero-order valence-corrected chi connectivity index (χ0v) is 9.67. The van der Waals surface area contributed by atoms with Gasteiger partial charge in [0.05, 0.1) is 0 Å². The fraction of sp³-hybridized carbons (Fsp3) is 0. The number of carboxylic acid groups (broad SMARTS) is 4. The quantitative estimate of drug-likeness (QED) is 0.305. The molecule has 0 spiro atoms. The third kappa shape index (κ3) is 527. The van der Waals surface area contributed by atoms with Crippen molar-refractivity contribution in [2.45, 2.75) is 0 Å². The van der Waals surface area contributed by atoms with Gasteiger partial charge in [0.1, 0.15) is 0 Å². The first-order valence-corrected chi connectivity index (χ1v) is 1.89. The molecule has 0 amide bonds. The van der Waals surface area contributed by atoms with Gasteiger partial charge in [0.15, 0.2) is 0 Å². The van der Waals surface area contributed by atoms with Crippen molar-refractivity contribution in [3.63, 3.8) is 0 Å². The van der Waals surface area contributed by atoms with Gasteiger partial charge in [-0.05, 0) is 0 Å². The molecule has 0 aliphatic rings. The Balaban J connectivity index is -0.0000000213. The van der Waals surface area contributed by atoms with Crippen LogP contribution in [0.5, 0.6) is 0 Å². The van der Waals surface area contributed by atoms with Crippen LogP contribution >= 0.6 is 0 Å². The fourth-order valence-corrected chi connectivity index (χ4v) is 0. The summed E-state index contributed by atoms with van der Waals surface area (Å²) in [5.41, 5.74) is 0. The van der Waals surface area contributed by atoms with Crippen molar-refractivity contribution < 1.29 is 65.4 Å². The summed E-state index contributed by atoms with van der Waals surface area (Å²) >= 11 is 0. The second-order valence-corrected chi connectivity index (χ2v) is 0.385. The van der Waals surface area contributed by atoms with Crippen LogP contribution in [0.4, 0.5) is 0 Å². The molecule has 0 unspecified atom stereocenters. The Morgan fingerprint density at radius 3 is 0.538 bits per heavy atom. The molecular weight excluding hydrogens is 355 g/mol. The van der Waals surface area contributed by atoms with Gasteiger partial charge < -0.3 is 39.6 Å². The molecule has 0 saturated heterocycles. The summed E-state index contributed by atoms with van der Waals surface area (Å²) in [6.45, 7) is -2.00. The summed E-state index contributed by atoms with van der Waals surface area (Å²) in [6.07, 6.45) is 0. The van der Waals surface area contributed by atoms with Gasteiger partial charge in [-0.15, -0.1) is 0 Å². The summed E-state index contributed by atoms with van der Waals surface area (Å²) in [4.78, 5) is 33.0. The molecule has 8 nitrogen and oxygen atoms in total. The van der Waals surface area contributed by atoms with E-state index in [-0.39, 0.29) is 25.8 Å². The maximum atomic E-state index is 8.25. The van der Waals surface area contributed by atoms with Gasteiger partial charge in [-0.3, -0.25) is 0 Å². The van der Waals surface area contributed by atoms with Crippen LogP contribution in [0, 0.1) is 0 Å². The molecule has 0 aromatic heterocycles. The molecule has 13 heavy (non-hydrogen) atoms. The zero-order valence-electron chi connectivity index (χ0n) is 6.08. The monoisotopic (exact) mass is 360 g/mol. The Hall–Kier alpha value is -1.25. The van der Waals surface area contributed by atoms with E-state index in [0.717, 1.165) is 0 Å². The zero-order chi connectivity index (χ0) is 10.8. The molecule has 0 aromatic rings. The fourth-order valence-electron chi connectivity index (χ4n) is 0. The number of hydrogen-bond acceptors (Lipinski definition) is 8. The summed E-state index contributed by atoms with van der Waals surface area (Å²) in [7, 11) is 0. The first-order valence-electron chi connectivity index (χ1n) is 1.89. The minimum absolute atomic E-state index is 0. The molecule has 0 aliphatic heterocycles. The van der Waals surface area contributed by atoms with Gasteiger partial charge in [0, 0.05) is 25.9 Å². The van der Waals surface area contributed by atoms with Crippen molar-refractivity contribution in [2.24, 2.45) is 0 Å². The second-order valence-electron chi connectivity index (χ2n) is 0.385.